The van der Waals surface area contributed by atoms with Crippen LogP contribution in [0.2, 0.25) is 0 Å². The zero-order chi connectivity index (χ0) is 29.9. The maximum Gasteiger partial charge on any atom is 0.326 e. The van der Waals surface area contributed by atoms with Crippen molar-refractivity contribution in [3.8, 4) is 5.75 Å². The molecule has 3 atom stereocenters. The highest BCUT2D eigenvalue weighted by Gasteiger charge is 2.27. The number of benzene rings is 2. The Labute approximate surface area is 232 Å². The summed E-state index contributed by atoms with van der Waals surface area (Å²) < 4.78 is 40.7. The Bertz CT molecular complexity index is 1320. The minimum atomic E-state index is -4.09. The first-order valence-corrected chi connectivity index (χ1v) is 13.7. The predicted octanol–water partition coefficient (Wildman–Crippen LogP) is 3.16. The van der Waals surface area contributed by atoms with E-state index in [-0.39, 0.29) is 23.8 Å². The highest BCUT2D eigenvalue weighted by molar-refractivity contribution is 7.86. The molecule has 14 heteroatoms. The molecule has 40 heavy (non-hydrogen) atoms. The van der Waals surface area contributed by atoms with Crippen molar-refractivity contribution in [3.05, 3.63) is 70.1 Å². The van der Waals surface area contributed by atoms with Gasteiger partial charge in [0.2, 0.25) is 5.91 Å². The van der Waals surface area contributed by atoms with Crippen LogP contribution < -0.4 is 10.1 Å². The number of aliphatic carboxylic acids is 1. The van der Waals surface area contributed by atoms with Crippen molar-refractivity contribution < 1.29 is 41.6 Å². The lowest BCUT2D eigenvalue weighted by atomic mass is 10.0. The Kier molecular flexibility index (Phi) is 11.9. The van der Waals surface area contributed by atoms with Crippen LogP contribution in [0.4, 0.5) is 0 Å². The predicted molar refractivity (Wildman–Crippen MR) is 143 cm³/mol. The zero-order valence-electron chi connectivity index (χ0n) is 22.5. The average Bonchev–Trinajstić information content (AvgIpc) is 2.89. The van der Waals surface area contributed by atoms with E-state index >= 15 is 0 Å². The third kappa shape index (κ3) is 10.2. The van der Waals surface area contributed by atoms with Crippen LogP contribution in [-0.4, -0.2) is 62.8 Å². The third-order valence-corrected chi connectivity index (χ3v) is 6.84. The Balaban J connectivity index is 2.01. The number of aryl methyl sites for hydroxylation is 1. The molecule has 0 aromatic heterocycles. The Morgan fingerprint density at radius 3 is 2.20 bits per heavy atom. The number of carbonyl (C=O) groups is 3. The number of azide groups is 1. The summed E-state index contributed by atoms with van der Waals surface area (Å²) in [6, 6.07) is 10.0. The Hall–Kier alpha value is -4.13. The molecule has 0 fully saturated rings. The van der Waals surface area contributed by atoms with Crippen molar-refractivity contribution in [2.75, 3.05) is 13.2 Å². The van der Waals surface area contributed by atoms with E-state index in [4.69, 9.17) is 19.2 Å². The largest absolute Gasteiger partial charge is 0.490 e. The molecule has 0 aliphatic carbocycles. The van der Waals surface area contributed by atoms with Gasteiger partial charge >= 0.3 is 11.9 Å². The van der Waals surface area contributed by atoms with E-state index in [1.54, 1.807) is 50.2 Å². The Morgan fingerprint density at radius 2 is 1.68 bits per heavy atom. The van der Waals surface area contributed by atoms with Crippen LogP contribution in [0.3, 0.4) is 0 Å². The van der Waals surface area contributed by atoms with E-state index in [0.29, 0.717) is 11.3 Å². The molecule has 13 nitrogen and oxygen atoms in total. The zero-order valence-corrected chi connectivity index (χ0v) is 23.3. The first-order valence-electron chi connectivity index (χ1n) is 12.2. The van der Waals surface area contributed by atoms with E-state index in [2.05, 4.69) is 15.3 Å². The van der Waals surface area contributed by atoms with Crippen LogP contribution in [0.1, 0.15) is 31.9 Å². The minimum absolute atomic E-state index is 0.0374. The van der Waals surface area contributed by atoms with Gasteiger partial charge in [-0.2, -0.15) is 8.42 Å². The molecule has 2 aromatic carbocycles. The third-order valence-electron chi connectivity index (χ3n) is 5.54. The van der Waals surface area contributed by atoms with Gasteiger partial charge in [0, 0.05) is 18.3 Å². The topological polar surface area (TPSA) is 194 Å². The highest BCUT2D eigenvalue weighted by atomic mass is 32.2. The smallest absolute Gasteiger partial charge is 0.326 e. The van der Waals surface area contributed by atoms with E-state index in [1.165, 1.54) is 19.1 Å². The summed E-state index contributed by atoms with van der Waals surface area (Å²) in [4.78, 5) is 38.3. The van der Waals surface area contributed by atoms with E-state index in [1.807, 2.05) is 6.92 Å². The number of carbonyl (C=O) groups excluding carboxylic acids is 2. The number of hydrogen-bond acceptors (Lipinski definition) is 9. The van der Waals surface area contributed by atoms with Crippen LogP contribution in [-0.2, 0) is 39.8 Å². The van der Waals surface area contributed by atoms with Crippen LogP contribution >= 0.6 is 0 Å². The summed E-state index contributed by atoms with van der Waals surface area (Å²) >= 11 is 0. The molecule has 0 aliphatic heterocycles. The van der Waals surface area contributed by atoms with Crippen LogP contribution in [0.15, 0.2) is 58.5 Å². The van der Waals surface area contributed by atoms with Gasteiger partial charge < -0.3 is 19.9 Å². The minimum Gasteiger partial charge on any atom is -0.490 e. The fraction of sp³-hybridized carbons (Fsp3) is 0.423. The van der Waals surface area contributed by atoms with Crippen molar-refractivity contribution in [1.82, 2.24) is 5.32 Å². The van der Waals surface area contributed by atoms with Crippen molar-refractivity contribution >= 4 is 28.0 Å². The SMILES string of the molecule is CC(=O)OC(COc1ccc(CC(NC(=O)[C@@H](N=[N+]=[N-])C(C)C)C(=O)O)cc1)COS(=O)(=O)c1ccc(C)cc1. The molecule has 0 saturated carbocycles. The van der Waals surface area contributed by atoms with Crippen molar-refractivity contribution in [1.29, 1.82) is 0 Å². The summed E-state index contributed by atoms with van der Waals surface area (Å²) in [5, 5.41) is 15.4. The van der Waals surface area contributed by atoms with Gasteiger partial charge in [-0.1, -0.05) is 48.8 Å². The number of esters is 1. The molecule has 2 unspecified atom stereocenters. The molecule has 216 valence electrons. The fourth-order valence-corrected chi connectivity index (χ4v) is 4.37. The lowest BCUT2D eigenvalue weighted by Gasteiger charge is -2.20. The summed E-state index contributed by atoms with van der Waals surface area (Å²) in [7, 11) is -4.09. The van der Waals surface area contributed by atoms with Gasteiger partial charge in [-0.15, -0.1) is 0 Å². The quantitative estimate of drug-likeness (QED) is 0.105. The summed E-state index contributed by atoms with van der Waals surface area (Å²) in [6.45, 7) is 5.65. The number of amides is 1. The van der Waals surface area contributed by atoms with Crippen molar-refractivity contribution in [2.24, 2.45) is 11.0 Å². The molecule has 0 bridgehead atoms. The van der Waals surface area contributed by atoms with Gasteiger partial charge in [0.1, 0.15) is 31.0 Å². The maximum atomic E-state index is 12.5. The number of rotatable bonds is 15. The van der Waals surface area contributed by atoms with Gasteiger partial charge in [0.05, 0.1) is 4.90 Å². The van der Waals surface area contributed by atoms with Gasteiger partial charge in [0.25, 0.3) is 10.1 Å². The van der Waals surface area contributed by atoms with Crippen LogP contribution in [0.25, 0.3) is 10.4 Å². The molecule has 2 rings (SSSR count). The second-order valence-corrected chi connectivity index (χ2v) is 10.9. The standard InChI is InChI=1S/C26H32N4O9S/c1-16(2)24(29-30-27)25(32)28-23(26(33)34)13-19-7-9-20(10-8-19)37-14-21(39-18(4)31)15-38-40(35,36)22-11-5-17(3)6-12-22/h5-12,16,21,23-24H,13-15H2,1-4H3,(H,28,32)(H,33,34)/t21?,23?,24-/m0/s1. The number of hydrogen-bond donors (Lipinski definition) is 2. The first kappa shape index (κ1) is 32.1. The second kappa shape index (κ2) is 14.9. The van der Waals surface area contributed by atoms with E-state index in [9.17, 15) is 27.9 Å². The summed E-state index contributed by atoms with van der Waals surface area (Å²) in [5.41, 5.74) is 10.1. The lowest BCUT2D eigenvalue weighted by molar-refractivity contribution is -0.149. The summed E-state index contributed by atoms with van der Waals surface area (Å²) in [5.74, 6) is -2.60. The molecular formula is C26H32N4O9S. The Morgan fingerprint density at radius 1 is 1.05 bits per heavy atom. The number of carboxylic acid groups (broad SMARTS) is 1. The molecule has 0 aliphatic rings. The van der Waals surface area contributed by atoms with Gasteiger partial charge in [-0.3, -0.25) is 13.8 Å². The number of nitrogens with one attached hydrogen (secondary N) is 1. The maximum absolute atomic E-state index is 12.5. The molecule has 0 radical (unpaired) electrons. The molecule has 1 amide bonds. The monoisotopic (exact) mass is 576 g/mol. The molecule has 0 spiro atoms. The van der Waals surface area contributed by atoms with E-state index in [0.717, 1.165) is 5.56 Å². The average molecular weight is 577 g/mol. The van der Waals surface area contributed by atoms with Gasteiger partial charge in [0.15, 0.2) is 6.10 Å². The van der Waals surface area contributed by atoms with Gasteiger partial charge in [-0.25, -0.2) is 4.79 Å². The highest BCUT2D eigenvalue weighted by Crippen LogP contribution is 2.17. The fourth-order valence-electron chi connectivity index (χ4n) is 3.44. The normalized spacial score (nSPS) is 13.4. The van der Waals surface area contributed by atoms with Crippen LogP contribution in [0.5, 0.6) is 5.75 Å². The molecule has 0 saturated heterocycles. The van der Waals surface area contributed by atoms with E-state index < -0.39 is 52.8 Å². The number of carboxylic acids is 1. The first-order chi connectivity index (χ1) is 18.8. The number of ether oxygens (including phenoxy) is 2. The molecule has 0 heterocycles. The lowest BCUT2D eigenvalue weighted by Crippen LogP contribution is -2.47. The molecule has 2 aromatic rings. The second-order valence-electron chi connectivity index (χ2n) is 9.24. The molecule has 2 N–H and O–H groups in total. The van der Waals surface area contributed by atoms with Gasteiger partial charge in [-0.05, 0) is 48.2 Å². The molecular weight excluding hydrogens is 544 g/mol. The summed E-state index contributed by atoms with van der Waals surface area (Å²) in [6.07, 6.45) is -1.09. The number of nitrogens with zero attached hydrogens (tertiary/aromatic N) is 3. The van der Waals surface area contributed by atoms with Crippen LogP contribution in [0, 0.1) is 12.8 Å². The van der Waals surface area contributed by atoms with Crippen molar-refractivity contribution in [2.45, 2.75) is 57.2 Å². The van der Waals surface area contributed by atoms with Crippen molar-refractivity contribution in [3.63, 3.8) is 0 Å².